The molecule has 0 aromatic heterocycles. The number of hydrogen-bond donors (Lipinski definition) is 1. The van der Waals surface area contributed by atoms with E-state index in [2.05, 4.69) is 15.9 Å². The van der Waals surface area contributed by atoms with Crippen molar-refractivity contribution in [3.05, 3.63) is 28.8 Å². The largest absolute Gasteiger partial charge is 0.495 e. The van der Waals surface area contributed by atoms with Crippen LogP contribution in [0.3, 0.4) is 0 Å². The van der Waals surface area contributed by atoms with E-state index in [9.17, 15) is 5.11 Å². The number of methoxy groups -OCH3 is 1. The second-order valence-electron chi connectivity index (χ2n) is 2.53. The molecule has 1 atom stereocenters. The van der Waals surface area contributed by atoms with Crippen LogP contribution in [0.5, 0.6) is 5.75 Å². The lowest BCUT2D eigenvalue weighted by molar-refractivity contribution is 0.200. The van der Waals surface area contributed by atoms with Crippen molar-refractivity contribution in [3.8, 4) is 5.75 Å². The van der Waals surface area contributed by atoms with Crippen LogP contribution in [-0.2, 0) is 0 Å². The summed E-state index contributed by atoms with van der Waals surface area (Å²) in [5.41, 5.74) is 0.701. The molecule has 2 nitrogen and oxygen atoms in total. The zero-order chi connectivity index (χ0) is 9.84. The van der Waals surface area contributed by atoms with Crippen LogP contribution < -0.4 is 4.74 Å². The SMILES string of the molecule is COc1c(Cl)cccc1C(O)CBr. The maximum Gasteiger partial charge on any atom is 0.143 e. The van der Waals surface area contributed by atoms with Crippen molar-refractivity contribution in [2.75, 3.05) is 12.4 Å². The van der Waals surface area contributed by atoms with Crippen LogP contribution in [0.15, 0.2) is 18.2 Å². The van der Waals surface area contributed by atoms with Gasteiger partial charge in [0.05, 0.1) is 18.2 Å². The first-order chi connectivity index (χ1) is 6.20. The van der Waals surface area contributed by atoms with Gasteiger partial charge in [-0.05, 0) is 6.07 Å². The van der Waals surface area contributed by atoms with E-state index in [0.29, 0.717) is 21.7 Å². The fourth-order valence-corrected chi connectivity index (χ4v) is 1.69. The van der Waals surface area contributed by atoms with Crippen molar-refractivity contribution in [2.45, 2.75) is 6.10 Å². The Morgan fingerprint density at radius 2 is 2.31 bits per heavy atom. The van der Waals surface area contributed by atoms with E-state index >= 15 is 0 Å². The zero-order valence-electron chi connectivity index (χ0n) is 7.13. The van der Waals surface area contributed by atoms with Gasteiger partial charge in [-0.2, -0.15) is 0 Å². The lowest BCUT2D eigenvalue weighted by atomic mass is 10.1. The summed E-state index contributed by atoms with van der Waals surface area (Å²) in [6.45, 7) is 0. The minimum atomic E-state index is -0.589. The van der Waals surface area contributed by atoms with Crippen LogP contribution in [0.25, 0.3) is 0 Å². The third kappa shape index (κ3) is 2.36. The summed E-state index contributed by atoms with van der Waals surface area (Å²) in [4.78, 5) is 0. The van der Waals surface area contributed by atoms with Gasteiger partial charge in [0.25, 0.3) is 0 Å². The highest BCUT2D eigenvalue weighted by molar-refractivity contribution is 9.09. The lowest BCUT2D eigenvalue weighted by Gasteiger charge is -2.13. The van der Waals surface area contributed by atoms with E-state index in [-0.39, 0.29) is 0 Å². The van der Waals surface area contributed by atoms with E-state index in [0.717, 1.165) is 0 Å². The number of hydrogen-bond acceptors (Lipinski definition) is 2. The molecule has 4 heteroatoms. The van der Waals surface area contributed by atoms with Crippen LogP contribution in [-0.4, -0.2) is 17.5 Å². The van der Waals surface area contributed by atoms with Gasteiger partial charge in [0, 0.05) is 10.9 Å². The Balaban J connectivity index is 3.12. The Bertz CT molecular complexity index is 291. The number of rotatable bonds is 3. The molecule has 0 heterocycles. The average molecular weight is 266 g/mol. The van der Waals surface area contributed by atoms with Crippen molar-refractivity contribution in [2.24, 2.45) is 0 Å². The standard InChI is InChI=1S/C9H10BrClO2/c1-13-9-6(8(12)5-10)3-2-4-7(9)11/h2-4,8,12H,5H2,1H3. The quantitative estimate of drug-likeness (QED) is 0.852. The molecule has 0 saturated carbocycles. The summed E-state index contributed by atoms with van der Waals surface area (Å²) in [5, 5.41) is 10.6. The molecule has 0 spiro atoms. The minimum absolute atomic E-state index is 0.462. The van der Waals surface area contributed by atoms with E-state index in [1.165, 1.54) is 7.11 Å². The second-order valence-corrected chi connectivity index (χ2v) is 3.59. The maximum absolute atomic E-state index is 9.58. The van der Waals surface area contributed by atoms with Crippen LogP contribution in [0.4, 0.5) is 0 Å². The van der Waals surface area contributed by atoms with Crippen LogP contribution in [0.2, 0.25) is 5.02 Å². The normalized spacial score (nSPS) is 12.6. The first kappa shape index (κ1) is 10.8. The van der Waals surface area contributed by atoms with Crippen LogP contribution >= 0.6 is 27.5 Å². The molecule has 1 aromatic carbocycles. The monoisotopic (exact) mass is 264 g/mol. The van der Waals surface area contributed by atoms with Crippen molar-refractivity contribution in [1.29, 1.82) is 0 Å². The number of aliphatic hydroxyl groups is 1. The Labute approximate surface area is 90.6 Å². The first-order valence-electron chi connectivity index (χ1n) is 3.77. The third-order valence-corrected chi connectivity index (χ3v) is 2.62. The number of aliphatic hydroxyl groups excluding tert-OH is 1. The molecule has 0 aliphatic carbocycles. The summed E-state index contributed by atoms with van der Waals surface area (Å²) in [6.07, 6.45) is -0.589. The molecule has 0 amide bonds. The molecular formula is C9H10BrClO2. The predicted octanol–water partition coefficient (Wildman–Crippen LogP) is 2.78. The number of para-hydroxylation sites is 1. The molecule has 1 N–H and O–H groups in total. The highest BCUT2D eigenvalue weighted by atomic mass is 79.9. The number of benzene rings is 1. The predicted molar refractivity (Wildman–Crippen MR) is 56.8 cm³/mol. The van der Waals surface area contributed by atoms with Gasteiger partial charge in [0.15, 0.2) is 0 Å². The van der Waals surface area contributed by atoms with Crippen molar-refractivity contribution in [1.82, 2.24) is 0 Å². The number of halogens is 2. The van der Waals surface area contributed by atoms with Gasteiger partial charge in [-0.25, -0.2) is 0 Å². The van der Waals surface area contributed by atoms with Gasteiger partial charge in [-0.3, -0.25) is 0 Å². The minimum Gasteiger partial charge on any atom is -0.495 e. The average Bonchev–Trinajstić information content (AvgIpc) is 2.16. The first-order valence-corrected chi connectivity index (χ1v) is 5.27. The van der Waals surface area contributed by atoms with Gasteiger partial charge in [0.2, 0.25) is 0 Å². The number of ether oxygens (including phenoxy) is 1. The molecule has 13 heavy (non-hydrogen) atoms. The van der Waals surface area contributed by atoms with E-state index < -0.39 is 6.10 Å². The smallest absolute Gasteiger partial charge is 0.143 e. The van der Waals surface area contributed by atoms with Gasteiger partial charge < -0.3 is 9.84 Å². The summed E-state index contributed by atoms with van der Waals surface area (Å²) >= 11 is 9.07. The lowest BCUT2D eigenvalue weighted by Crippen LogP contribution is -2.01. The van der Waals surface area contributed by atoms with Crippen LogP contribution in [0.1, 0.15) is 11.7 Å². The van der Waals surface area contributed by atoms with Gasteiger partial charge in [-0.15, -0.1) is 0 Å². The van der Waals surface area contributed by atoms with Gasteiger partial charge in [0.1, 0.15) is 5.75 Å². The fraction of sp³-hybridized carbons (Fsp3) is 0.333. The van der Waals surface area contributed by atoms with E-state index in [1.54, 1.807) is 18.2 Å². The topological polar surface area (TPSA) is 29.5 Å². The Kier molecular flexibility index (Phi) is 4.03. The van der Waals surface area contributed by atoms with Crippen molar-refractivity contribution < 1.29 is 9.84 Å². The molecule has 0 aliphatic heterocycles. The molecule has 0 fully saturated rings. The molecule has 72 valence electrons. The molecule has 1 unspecified atom stereocenters. The maximum atomic E-state index is 9.58. The van der Waals surface area contributed by atoms with Gasteiger partial charge in [-0.1, -0.05) is 39.7 Å². The molecule has 0 saturated heterocycles. The second kappa shape index (κ2) is 4.84. The summed E-state index contributed by atoms with van der Waals surface area (Å²) in [5.74, 6) is 0.538. The molecule has 1 rings (SSSR count). The van der Waals surface area contributed by atoms with Crippen molar-refractivity contribution >= 4 is 27.5 Å². The highest BCUT2D eigenvalue weighted by Gasteiger charge is 2.13. The molecular weight excluding hydrogens is 255 g/mol. The van der Waals surface area contributed by atoms with Crippen LogP contribution in [0, 0.1) is 0 Å². The molecule has 1 aromatic rings. The zero-order valence-corrected chi connectivity index (χ0v) is 9.47. The van der Waals surface area contributed by atoms with Gasteiger partial charge >= 0.3 is 0 Å². The summed E-state index contributed by atoms with van der Waals surface area (Å²) in [6, 6.07) is 5.30. The highest BCUT2D eigenvalue weighted by Crippen LogP contribution is 2.32. The Morgan fingerprint density at radius 3 is 2.85 bits per heavy atom. The van der Waals surface area contributed by atoms with Crippen molar-refractivity contribution in [3.63, 3.8) is 0 Å². The van der Waals surface area contributed by atoms with E-state index in [1.807, 2.05) is 0 Å². The molecule has 0 aliphatic rings. The van der Waals surface area contributed by atoms with E-state index in [4.69, 9.17) is 16.3 Å². The Hall–Kier alpha value is -0.250. The fourth-order valence-electron chi connectivity index (χ4n) is 1.09. The molecule has 0 bridgehead atoms. The number of alkyl halides is 1. The third-order valence-electron chi connectivity index (χ3n) is 1.71. The summed E-state index contributed by atoms with van der Waals surface area (Å²) in [7, 11) is 1.53. The summed E-state index contributed by atoms with van der Waals surface area (Å²) < 4.78 is 5.09. The Morgan fingerprint density at radius 1 is 1.62 bits per heavy atom. The molecule has 0 radical (unpaired) electrons.